The van der Waals surface area contributed by atoms with Crippen LogP contribution in [-0.4, -0.2) is 108 Å². The normalized spacial score (nSPS) is 21.3. The van der Waals surface area contributed by atoms with Gasteiger partial charge in [-0.05, 0) is 109 Å². The summed E-state index contributed by atoms with van der Waals surface area (Å²) in [6, 6.07) is 0.404. The van der Waals surface area contributed by atoms with E-state index >= 15 is 0 Å². The van der Waals surface area contributed by atoms with Crippen LogP contribution in [0.2, 0.25) is 0 Å². The number of rotatable bonds is 17. The van der Waals surface area contributed by atoms with E-state index in [1.165, 1.54) is 10.1 Å². The first-order valence-electron chi connectivity index (χ1n) is 17.8. The molecule has 0 saturated carbocycles. The molecule has 2 aliphatic rings. The number of thioether (sulfide) groups is 2. The molecule has 0 saturated heterocycles. The van der Waals surface area contributed by atoms with Crippen molar-refractivity contribution in [3.63, 3.8) is 0 Å². The van der Waals surface area contributed by atoms with Crippen LogP contribution in [0, 0.1) is 0 Å². The maximum atomic E-state index is 5.04. The Bertz CT molecular complexity index is 1140. The molecule has 2 unspecified atom stereocenters. The molecule has 0 radical (unpaired) electrons. The van der Waals surface area contributed by atoms with Crippen molar-refractivity contribution in [1.29, 1.82) is 0 Å². The summed E-state index contributed by atoms with van der Waals surface area (Å²) < 4.78 is 0. The standard InChI is InChI=1S/C35H66N10S2/c1-15-17-21-45(22-18-16-2)31-39-29(36-25(3)19-23-46-27-32(5,6)43(13)34(9,10)41-27)38-30(40-31)37-26(4)20-24-47-28-33(7,8)44(14)35(11,12)42-28/h25-26H,15-24H2,1-14H3,(H2,36,37,38,39,40). The van der Waals surface area contributed by atoms with Crippen molar-refractivity contribution in [2.45, 2.75) is 156 Å². The van der Waals surface area contributed by atoms with Gasteiger partial charge in [-0.15, -0.1) is 23.5 Å². The van der Waals surface area contributed by atoms with E-state index in [1.807, 2.05) is 23.5 Å². The number of hydrogen-bond acceptors (Lipinski definition) is 12. The van der Waals surface area contributed by atoms with Crippen molar-refractivity contribution in [2.24, 2.45) is 9.98 Å². The van der Waals surface area contributed by atoms with E-state index in [0.717, 1.165) is 69.1 Å². The average molecular weight is 691 g/mol. The topological polar surface area (TPSA) is 97.2 Å². The van der Waals surface area contributed by atoms with Gasteiger partial charge in [0, 0.05) is 36.7 Å². The predicted molar refractivity (Wildman–Crippen MR) is 209 cm³/mol. The Morgan fingerprint density at radius 3 is 1.36 bits per heavy atom. The minimum absolute atomic E-state index is 0.0577. The predicted octanol–water partition coefficient (Wildman–Crippen LogP) is 7.84. The highest BCUT2D eigenvalue weighted by atomic mass is 32.2. The van der Waals surface area contributed by atoms with E-state index in [2.05, 4.69) is 123 Å². The monoisotopic (exact) mass is 690 g/mol. The Kier molecular flexibility index (Phi) is 13.9. The Hall–Kier alpha value is -1.63. The highest BCUT2D eigenvalue weighted by Gasteiger charge is 2.46. The maximum absolute atomic E-state index is 5.04. The number of hydrogen-bond donors (Lipinski definition) is 2. The fourth-order valence-electron chi connectivity index (χ4n) is 5.89. The molecule has 1 aromatic heterocycles. The first-order valence-corrected chi connectivity index (χ1v) is 19.8. The zero-order valence-electron chi connectivity index (χ0n) is 32.1. The van der Waals surface area contributed by atoms with E-state index in [4.69, 9.17) is 24.9 Å². The fraction of sp³-hybridized carbons (Fsp3) is 0.857. The lowest BCUT2D eigenvalue weighted by Gasteiger charge is -2.36. The van der Waals surface area contributed by atoms with Gasteiger partial charge in [0.2, 0.25) is 17.8 Å². The summed E-state index contributed by atoms with van der Waals surface area (Å²) in [6.45, 7) is 28.6. The lowest BCUT2D eigenvalue weighted by Crippen LogP contribution is -2.48. The molecule has 268 valence electrons. The van der Waals surface area contributed by atoms with Crippen molar-refractivity contribution >= 4 is 51.5 Å². The van der Waals surface area contributed by atoms with Crippen LogP contribution in [0.15, 0.2) is 9.98 Å². The van der Waals surface area contributed by atoms with Crippen LogP contribution >= 0.6 is 23.5 Å². The number of nitrogens with zero attached hydrogens (tertiary/aromatic N) is 8. The molecule has 3 rings (SSSR count). The van der Waals surface area contributed by atoms with Gasteiger partial charge in [-0.25, -0.2) is 0 Å². The molecule has 1 aromatic rings. The average Bonchev–Trinajstić information content (AvgIpc) is 3.24. The zero-order chi connectivity index (χ0) is 35.2. The Balaban J connectivity index is 1.69. The molecule has 0 aliphatic carbocycles. The van der Waals surface area contributed by atoms with Gasteiger partial charge in [-0.2, -0.15) is 15.0 Å². The third kappa shape index (κ3) is 10.2. The van der Waals surface area contributed by atoms with Crippen LogP contribution in [0.5, 0.6) is 0 Å². The molecule has 0 amide bonds. The smallest absolute Gasteiger partial charge is 0.231 e. The quantitative estimate of drug-likeness (QED) is 0.168. The highest BCUT2D eigenvalue weighted by Crippen LogP contribution is 2.38. The fourth-order valence-corrected chi connectivity index (χ4v) is 8.77. The first kappa shape index (κ1) is 39.8. The summed E-state index contributed by atoms with van der Waals surface area (Å²) in [7, 11) is 4.33. The van der Waals surface area contributed by atoms with E-state index in [0.29, 0.717) is 11.9 Å². The lowest BCUT2D eigenvalue weighted by atomic mass is 10.0. The van der Waals surface area contributed by atoms with Crippen molar-refractivity contribution in [3.8, 4) is 0 Å². The van der Waals surface area contributed by atoms with E-state index < -0.39 is 0 Å². The summed E-state index contributed by atoms with van der Waals surface area (Å²) in [6.07, 6.45) is 6.45. The number of anilines is 3. The Morgan fingerprint density at radius 1 is 0.660 bits per heavy atom. The van der Waals surface area contributed by atoms with Crippen LogP contribution in [0.3, 0.4) is 0 Å². The third-order valence-corrected chi connectivity index (χ3v) is 12.5. The minimum atomic E-state index is -0.174. The summed E-state index contributed by atoms with van der Waals surface area (Å²) >= 11 is 3.74. The number of aliphatic imine (C=N–C) groups is 2. The second-order valence-corrected chi connectivity index (χ2v) is 17.6. The molecule has 10 nitrogen and oxygen atoms in total. The van der Waals surface area contributed by atoms with Gasteiger partial charge in [-0.3, -0.25) is 19.8 Å². The van der Waals surface area contributed by atoms with Crippen molar-refractivity contribution < 1.29 is 0 Å². The van der Waals surface area contributed by atoms with E-state index in [1.54, 1.807) is 0 Å². The van der Waals surface area contributed by atoms with Gasteiger partial charge in [0.05, 0.1) is 21.2 Å². The molecule has 12 heteroatoms. The summed E-state index contributed by atoms with van der Waals surface area (Å²) in [5.74, 6) is 4.00. The van der Waals surface area contributed by atoms with Gasteiger partial charge in [0.25, 0.3) is 0 Å². The molecule has 0 bridgehead atoms. The van der Waals surface area contributed by atoms with Gasteiger partial charge in [0.15, 0.2) is 0 Å². The molecule has 47 heavy (non-hydrogen) atoms. The molecule has 0 aromatic carbocycles. The largest absolute Gasteiger partial charge is 0.352 e. The Morgan fingerprint density at radius 2 is 1.04 bits per heavy atom. The first-order chi connectivity index (χ1) is 21.8. The summed E-state index contributed by atoms with van der Waals surface area (Å²) in [4.78, 5) is 32.0. The summed E-state index contributed by atoms with van der Waals surface area (Å²) in [5, 5.41) is 9.65. The number of nitrogens with one attached hydrogen (secondary N) is 2. The van der Waals surface area contributed by atoms with Crippen molar-refractivity contribution in [3.05, 3.63) is 0 Å². The number of aromatic nitrogens is 3. The van der Waals surface area contributed by atoms with Gasteiger partial charge >= 0.3 is 0 Å². The number of unbranched alkanes of at least 4 members (excludes halogenated alkanes) is 2. The lowest BCUT2D eigenvalue weighted by molar-refractivity contribution is 0.121. The SMILES string of the molecule is CCCCN(CCCC)c1nc(NC(C)CCSC2=NC(C)(C)N(C)C2(C)C)nc(NC(C)CCSC2=NC(C)(C)N(C)C2(C)C)n1. The molecule has 2 N–H and O–H groups in total. The van der Waals surface area contributed by atoms with Crippen LogP contribution < -0.4 is 15.5 Å². The summed E-state index contributed by atoms with van der Waals surface area (Å²) in [5.41, 5.74) is -0.464. The van der Waals surface area contributed by atoms with Crippen LogP contribution in [0.1, 0.15) is 122 Å². The van der Waals surface area contributed by atoms with Gasteiger partial charge < -0.3 is 15.5 Å². The molecule has 3 heterocycles. The molecular formula is C35H66N10S2. The molecule has 0 fully saturated rings. The van der Waals surface area contributed by atoms with Gasteiger partial charge in [0.1, 0.15) is 11.3 Å². The molecular weight excluding hydrogens is 625 g/mol. The van der Waals surface area contributed by atoms with Crippen LogP contribution in [-0.2, 0) is 0 Å². The second-order valence-electron chi connectivity index (χ2n) is 15.4. The van der Waals surface area contributed by atoms with Crippen molar-refractivity contribution in [2.75, 3.05) is 54.2 Å². The van der Waals surface area contributed by atoms with E-state index in [-0.39, 0.29) is 34.5 Å². The molecule has 0 spiro atoms. The second kappa shape index (κ2) is 16.4. The van der Waals surface area contributed by atoms with Gasteiger partial charge in [-0.1, -0.05) is 26.7 Å². The zero-order valence-corrected chi connectivity index (χ0v) is 33.8. The van der Waals surface area contributed by atoms with Crippen molar-refractivity contribution in [1.82, 2.24) is 24.8 Å². The van der Waals surface area contributed by atoms with E-state index in [9.17, 15) is 0 Å². The minimum Gasteiger partial charge on any atom is -0.352 e. The third-order valence-electron chi connectivity index (χ3n) is 9.92. The molecule has 2 atom stereocenters. The molecule has 2 aliphatic heterocycles. The Labute approximate surface area is 295 Å². The van der Waals surface area contributed by atoms with Crippen LogP contribution in [0.25, 0.3) is 0 Å². The maximum Gasteiger partial charge on any atom is 0.231 e. The highest BCUT2D eigenvalue weighted by molar-refractivity contribution is 8.14. The van der Waals surface area contributed by atoms with Crippen LogP contribution in [0.4, 0.5) is 17.8 Å².